The molecule has 4 rings (SSSR count). The zero-order valence-electron chi connectivity index (χ0n) is 18.6. The molecule has 0 unspecified atom stereocenters. The largest absolute Gasteiger partial charge is 0.465 e. The summed E-state index contributed by atoms with van der Waals surface area (Å²) >= 11 is 1.54. The number of nitrogens with zero attached hydrogens (tertiary/aromatic N) is 3. The van der Waals surface area contributed by atoms with Crippen LogP contribution in [-0.2, 0) is 28.9 Å². The van der Waals surface area contributed by atoms with Gasteiger partial charge < -0.3 is 10.1 Å². The molecule has 168 valence electrons. The molecule has 2 aromatic heterocycles. The number of anilines is 1. The molecule has 1 amide bonds. The first-order valence-electron chi connectivity index (χ1n) is 10.5. The van der Waals surface area contributed by atoms with E-state index in [0.717, 1.165) is 29.5 Å². The maximum Gasteiger partial charge on any atom is 0.337 e. The highest BCUT2D eigenvalue weighted by Gasteiger charge is 2.32. The maximum atomic E-state index is 13.1. The molecular weight excluding hydrogens is 428 g/mol. The lowest BCUT2D eigenvalue weighted by molar-refractivity contribution is -0.117. The molecule has 0 aliphatic heterocycles. The number of hydrogen-bond acceptors (Lipinski definition) is 7. The van der Waals surface area contributed by atoms with Crippen molar-refractivity contribution < 1.29 is 14.3 Å². The zero-order valence-corrected chi connectivity index (χ0v) is 19.4. The first-order valence-corrected chi connectivity index (χ1v) is 11.4. The van der Waals surface area contributed by atoms with Gasteiger partial charge in [0, 0.05) is 10.6 Å². The van der Waals surface area contributed by atoms with Crippen molar-refractivity contribution in [2.45, 2.75) is 46.6 Å². The minimum Gasteiger partial charge on any atom is -0.465 e. The van der Waals surface area contributed by atoms with Crippen molar-refractivity contribution in [3.8, 4) is 0 Å². The molecule has 32 heavy (non-hydrogen) atoms. The van der Waals surface area contributed by atoms with Crippen LogP contribution >= 0.6 is 11.3 Å². The van der Waals surface area contributed by atoms with E-state index in [9.17, 15) is 14.4 Å². The van der Waals surface area contributed by atoms with Gasteiger partial charge >= 0.3 is 5.97 Å². The van der Waals surface area contributed by atoms with Crippen LogP contribution in [0.1, 0.15) is 48.0 Å². The highest BCUT2D eigenvalue weighted by Crippen LogP contribution is 2.41. The van der Waals surface area contributed by atoms with Crippen LogP contribution in [0.25, 0.3) is 10.2 Å². The number of aromatic nitrogens is 3. The van der Waals surface area contributed by atoms with E-state index in [1.807, 2.05) is 0 Å². The third kappa shape index (κ3) is 4.29. The first-order chi connectivity index (χ1) is 15.2. The van der Waals surface area contributed by atoms with Gasteiger partial charge in [-0.05, 0) is 60.4 Å². The molecule has 1 atom stereocenters. The Bertz CT molecular complexity index is 1240. The third-order valence-electron chi connectivity index (χ3n) is 6.05. The average molecular weight is 455 g/mol. The highest BCUT2D eigenvalue weighted by molar-refractivity contribution is 7.18. The summed E-state index contributed by atoms with van der Waals surface area (Å²) in [5.41, 5.74) is 1.89. The Balaban J connectivity index is 1.53. The van der Waals surface area contributed by atoms with E-state index in [1.54, 1.807) is 35.6 Å². The molecule has 0 saturated heterocycles. The van der Waals surface area contributed by atoms with Crippen molar-refractivity contribution in [1.29, 1.82) is 0 Å². The van der Waals surface area contributed by atoms with Crippen LogP contribution in [-0.4, -0.2) is 34.0 Å². The summed E-state index contributed by atoms with van der Waals surface area (Å²) in [7, 11) is 1.31. The van der Waals surface area contributed by atoms with Gasteiger partial charge in [0.2, 0.25) is 5.91 Å². The Morgan fingerprint density at radius 3 is 2.62 bits per heavy atom. The summed E-state index contributed by atoms with van der Waals surface area (Å²) in [6, 6.07) is 6.31. The molecule has 0 fully saturated rings. The summed E-state index contributed by atoms with van der Waals surface area (Å²) < 4.78 is 5.78. The number of amides is 1. The third-order valence-corrected chi connectivity index (χ3v) is 7.18. The van der Waals surface area contributed by atoms with Gasteiger partial charge in [0.1, 0.15) is 6.54 Å². The zero-order chi connectivity index (χ0) is 23.0. The highest BCUT2D eigenvalue weighted by atomic mass is 32.1. The molecule has 0 saturated carbocycles. The van der Waals surface area contributed by atoms with Gasteiger partial charge in [0.15, 0.2) is 4.83 Å². The minimum atomic E-state index is -0.453. The molecule has 1 aliphatic rings. The molecule has 1 N–H and O–H groups in total. The number of nitrogens with one attached hydrogen (secondary N) is 1. The molecule has 1 aromatic carbocycles. The molecule has 0 spiro atoms. The fourth-order valence-corrected chi connectivity index (χ4v) is 5.35. The summed E-state index contributed by atoms with van der Waals surface area (Å²) in [4.78, 5) is 39.0. The molecule has 1 aliphatic carbocycles. The lowest BCUT2D eigenvalue weighted by atomic mass is 9.72. The average Bonchev–Trinajstić information content (AvgIpc) is 3.13. The molecule has 2 heterocycles. The van der Waals surface area contributed by atoms with Crippen molar-refractivity contribution in [3.63, 3.8) is 0 Å². The van der Waals surface area contributed by atoms with Crippen molar-refractivity contribution in [1.82, 2.24) is 15.0 Å². The molecule has 0 radical (unpaired) electrons. The first kappa shape index (κ1) is 22.1. The van der Waals surface area contributed by atoms with Crippen LogP contribution in [0, 0.1) is 11.3 Å². The van der Waals surface area contributed by atoms with Crippen molar-refractivity contribution in [2.75, 3.05) is 12.4 Å². The fraction of sp³-hybridized carbons (Fsp3) is 0.435. The molecule has 9 heteroatoms. The van der Waals surface area contributed by atoms with E-state index in [-0.39, 0.29) is 17.5 Å². The number of esters is 1. The predicted octanol–water partition coefficient (Wildman–Crippen LogP) is 3.43. The number of carbonyl (C=O) groups is 2. The number of aryl methyl sites for hydroxylation is 1. The van der Waals surface area contributed by atoms with Crippen LogP contribution in [0.2, 0.25) is 0 Å². The van der Waals surface area contributed by atoms with Gasteiger partial charge in [0.25, 0.3) is 5.56 Å². The predicted molar refractivity (Wildman–Crippen MR) is 123 cm³/mol. The van der Waals surface area contributed by atoms with E-state index in [0.29, 0.717) is 27.4 Å². The van der Waals surface area contributed by atoms with Gasteiger partial charge in [-0.25, -0.2) is 9.48 Å². The fourth-order valence-electron chi connectivity index (χ4n) is 4.11. The minimum absolute atomic E-state index is 0.215. The Morgan fingerprint density at radius 2 is 1.97 bits per heavy atom. The van der Waals surface area contributed by atoms with E-state index in [2.05, 4.69) is 41.1 Å². The number of ether oxygens (including phenoxy) is 1. The summed E-state index contributed by atoms with van der Waals surface area (Å²) in [6.45, 7) is 6.52. The standard InChI is InChI=1S/C23H26N4O4S/c1-23(2,3)14-7-10-16-17(11-14)32-20-19(16)21(29)27(26-25-20)12-18(28)24-15-8-5-13(6-9-15)22(30)31-4/h5-6,8-9,14H,7,10-12H2,1-4H3,(H,24,28)/t14-/m1/s1. The Morgan fingerprint density at radius 1 is 1.25 bits per heavy atom. The number of fused-ring (bicyclic) bond motifs is 3. The lowest BCUT2D eigenvalue weighted by Crippen LogP contribution is -2.31. The number of hydrogen-bond donors (Lipinski definition) is 1. The Labute approximate surface area is 189 Å². The Kier molecular flexibility index (Phi) is 5.85. The molecule has 8 nitrogen and oxygen atoms in total. The number of rotatable bonds is 4. The Hall–Kier alpha value is -3.07. The smallest absolute Gasteiger partial charge is 0.337 e. The normalized spacial score (nSPS) is 15.9. The second kappa shape index (κ2) is 8.46. The summed E-state index contributed by atoms with van der Waals surface area (Å²) in [5, 5.41) is 11.5. The van der Waals surface area contributed by atoms with Gasteiger partial charge in [-0.15, -0.1) is 16.4 Å². The van der Waals surface area contributed by atoms with Crippen molar-refractivity contribution in [2.24, 2.45) is 11.3 Å². The van der Waals surface area contributed by atoms with E-state index in [4.69, 9.17) is 0 Å². The number of thiophene rings is 1. The number of benzene rings is 1. The monoisotopic (exact) mass is 454 g/mol. The summed E-state index contributed by atoms with van der Waals surface area (Å²) in [6.07, 6.45) is 2.82. The van der Waals surface area contributed by atoms with Gasteiger partial charge in [-0.3, -0.25) is 9.59 Å². The maximum absolute atomic E-state index is 13.1. The van der Waals surface area contributed by atoms with E-state index in [1.165, 1.54) is 12.0 Å². The van der Waals surface area contributed by atoms with Crippen LogP contribution < -0.4 is 10.9 Å². The van der Waals surface area contributed by atoms with Gasteiger partial charge in [-0.2, -0.15) is 0 Å². The molecular formula is C23H26N4O4S. The van der Waals surface area contributed by atoms with Crippen molar-refractivity contribution >= 4 is 39.1 Å². The summed E-state index contributed by atoms with van der Waals surface area (Å²) in [5.74, 6) is -0.288. The second-order valence-corrected chi connectivity index (χ2v) is 10.2. The number of methoxy groups -OCH3 is 1. The topological polar surface area (TPSA) is 103 Å². The van der Waals surface area contributed by atoms with Gasteiger partial charge in [0.05, 0.1) is 18.1 Å². The molecule has 0 bridgehead atoms. The SMILES string of the molecule is COC(=O)c1ccc(NC(=O)Cn2nnc3sc4c(c3c2=O)CC[C@@H](C(C)(C)C)C4)cc1. The quantitative estimate of drug-likeness (QED) is 0.606. The molecule has 3 aromatic rings. The second-order valence-electron chi connectivity index (χ2n) is 9.16. The van der Waals surface area contributed by atoms with Gasteiger partial charge in [-0.1, -0.05) is 26.0 Å². The van der Waals surface area contributed by atoms with Crippen LogP contribution in [0.3, 0.4) is 0 Å². The van der Waals surface area contributed by atoms with Crippen LogP contribution in [0.4, 0.5) is 5.69 Å². The van der Waals surface area contributed by atoms with E-state index < -0.39 is 11.9 Å². The van der Waals surface area contributed by atoms with Crippen molar-refractivity contribution in [3.05, 3.63) is 50.6 Å². The lowest BCUT2D eigenvalue weighted by Gasteiger charge is -2.33. The van der Waals surface area contributed by atoms with Crippen LogP contribution in [0.5, 0.6) is 0 Å². The van der Waals surface area contributed by atoms with E-state index >= 15 is 0 Å². The van der Waals surface area contributed by atoms with Crippen LogP contribution in [0.15, 0.2) is 29.1 Å². The number of carbonyl (C=O) groups excluding carboxylic acids is 2.